The van der Waals surface area contributed by atoms with Crippen LogP contribution in [0.2, 0.25) is 10.0 Å². The predicted octanol–water partition coefficient (Wildman–Crippen LogP) is 2.65. The number of halogens is 3. The average molecular weight is 339 g/mol. The second-order valence-electron chi connectivity index (χ2n) is 4.74. The number of amides is 1. The molecule has 0 saturated carbocycles. The third-order valence-electron chi connectivity index (χ3n) is 3.25. The monoisotopic (exact) mass is 337 g/mol. The third-order valence-corrected chi connectivity index (χ3v) is 3.99. The predicted molar refractivity (Wildman–Crippen MR) is 86.2 cm³/mol. The lowest BCUT2D eigenvalue weighted by Crippen LogP contribution is -2.39. The second-order valence-corrected chi connectivity index (χ2v) is 5.55. The molecule has 112 valence electrons. The highest BCUT2D eigenvalue weighted by atomic mass is 35.5. The van der Waals surface area contributed by atoms with E-state index in [1.165, 1.54) is 0 Å². The van der Waals surface area contributed by atoms with Crippen LogP contribution in [0.5, 0.6) is 0 Å². The molecule has 1 atom stereocenters. The number of carbonyl (C=O) groups excluding carboxylic acids is 1. The van der Waals surface area contributed by atoms with Crippen LogP contribution in [0.4, 0.5) is 5.69 Å². The molecule has 1 amide bonds. The molecule has 0 spiro atoms. The standard InChI is InChI=1S/C13H17Cl2N3O.ClH/c1-18(10-4-5-16-7-10)8-13(19)17-9-2-3-11(14)12(15)6-9;/h2-3,6,10,16H,4-5,7-8H2,1H3,(H,17,19);1H. The molecule has 1 aromatic carbocycles. The number of carbonyl (C=O) groups is 1. The molecule has 0 radical (unpaired) electrons. The van der Waals surface area contributed by atoms with Crippen molar-refractivity contribution in [3.8, 4) is 0 Å². The van der Waals surface area contributed by atoms with Crippen molar-refractivity contribution in [3.05, 3.63) is 28.2 Å². The molecule has 1 unspecified atom stereocenters. The second kappa shape index (κ2) is 8.05. The van der Waals surface area contributed by atoms with E-state index in [2.05, 4.69) is 15.5 Å². The first kappa shape index (κ1) is 17.5. The number of nitrogens with one attached hydrogen (secondary N) is 2. The zero-order valence-electron chi connectivity index (χ0n) is 11.2. The van der Waals surface area contributed by atoms with Crippen molar-refractivity contribution in [1.29, 1.82) is 0 Å². The highest BCUT2D eigenvalue weighted by Gasteiger charge is 2.20. The maximum absolute atomic E-state index is 11.9. The SMILES string of the molecule is CN(CC(=O)Nc1ccc(Cl)c(Cl)c1)C1CCNC1.Cl. The van der Waals surface area contributed by atoms with Gasteiger partial charge in [0.05, 0.1) is 16.6 Å². The summed E-state index contributed by atoms with van der Waals surface area (Å²) in [7, 11) is 1.96. The summed E-state index contributed by atoms with van der Waals surface area (Å²) in [4.78, 5) is 14.0. The van der Waals surface area contributed by atoms with Crippen molar-refractivity contribution >= 4 is 47.2 Å². The van der Waals surface area contributed by atoms with Crippen LogP contribution < -0.4 is 10.6 Å². The molecule has 1 saturated heterocycles. The van der Waals surface area contributed by atoms with E-state index in [-0.39, 0.29) is 18.3 Å². The summed E-state index contributed by atoms with van der Waals surface area (Å²) in [6.07, 6.45) is 1.08. The molecular formula is C13H18Cl3N3O. The zero-order chi connectivity index (χ0) is 13.8. The maximum Gasteiger partial charge on any atom is 0.238 e. The largest absolute Gasteiger partial charge is 0.325 e. The van der Waals surface area contributed by atoms with E-state index >= 15 is 0 Å². The quantitative estimate of drug-likeness (QED) is 0.887. The van der Waals surface area contributed by atoms with Crippen molar-refractivity contribution in [3.63, 3.8) is 0 Å². The van der Waals surface area contributed by atoms with E-state index in [0.717, 1.165) is 19.5 Å². The summed E-state index contributed by atoms with van der Waals surface area (Å²) in [6, 6.07) is 5.49. The zero-order valence-corrected chi connectivity index (χ0v) is 13.5. The Morgan fingerprint density at radius 1 is 1.45 bits per heavy atom. The summed E-state index contributed by atoms with van der Waals surface area (Å²) in [5, 5.41) is 7.02. The first-order valence-corrected chi connectivity index (χ1v) is 6.97. The summed E-state index contributed by atoms with van der Waals surface area (Å²) < 4.78 is 0. The van der Waals surface area contributed by atoms with E-state index in [0.29, 0.717) is 28.3 Å². The van der Waals surface area contributed by atoms with Gasteiger partial charge in [0, 0.05) is 18.3 Å². The topological polar surface area (TPSA) is 44.4 Å². The van der Waals surface area contributed by atoms with Gasteiger partial charge in [0.25, 0.3) is 0 Å². The Hall–Kier alpha value is -0.520. The summed E-state index contributed by atoms with van der Waals surface area (Å²) in [5.74, 6) is -0.0483. The van der Waals surface area contributed by atoms with E-state index in [1.54, 1.807) is 18.2 Å². The Morgan fingerprint density at radius 3 is 2.80 bits per heavy atom. The molecule has 0 aromatic heterocycles. The van der Waals surface area contributed by atoms with E-state index in [9.17, 15) is 4.79 Å². The van der Waals surface area contributed by atoms with Crippen LogP contribution in [0.15, 0.2) is 18.2 Å². The van der Waals surface area contributed by atoms with Crippen molar-refractivity contribution in [2.45, 2.75) is 12.5 Å². The number of benzene rings is 1. The summed E-state index contributed by atoms with van der Waals surface area (Å²) >= 11 is 11.7. The van der Waals surface area contributed by atoms with Gasteiger partial charge in [-0.15, -0.1) is 12.4 Å². The van der Waals surface area contributed by atoms with E-state index < -0.39 is 0 Å². The van der Waals surface area contributed by atoms with Crippen LogP contribution in [-0.4, -0.2) is 43.5 Å². The van der Waals surface area contributed by atoms with Crippen molar-refractivity contribution < 1.29 is 4.79 Å². The smallest absolute Gasteiger partial charge is 0.238 e. The number of hydrogen-bond donors (Lipinski definition) is 2. The van der Waals surface area contributed by atoms with Crippen molar-refractivity contribution in [2.24, 2.45) is 0 Å². The van der Waals surface area contributed by atoms with Crippen LogP contribution in [0.3, 0.4) is 0 Å². The molecule has 2 rings (SSSR count). The van der Waals surface area contributed by atoms with Gasteiger partial charge in [-0.1, -0.05) is 23.2 Å². The third kappa shape index (κ3) is 4.79. The minimum atomic E-state index is -0.0483. The Kier molecular flexibility index (Phi) is 7.06. The van der Waals surface area contributed by atoms with Gasteiger partial charge in [-0.05, 0) is 38.2 Å². The van der Waals surface area contributed by atoms with Gasteiger partial charge in [0.2, 0.25) is 5.91 Å². The molecule has 7 heteroatoms. The molecule has 1 heterocycles. The lowest BCUT2D eigenvalue weighted by atomic mass is 10.2. The number of rotatable bonds is 4. The molecule has 0 bridgehead atoms. The number of anilines is 1. The molecule has 1 fully saturated rings. The fourth-order valence-electron chi connectivity index (χ4n) is 2.15. The molecule has 1 aliphatic heterocycles. The van der Waals surface area contributed by atoms with E-state index in [4.69, 9.17) is 23.2 Å². The Labute approximate surface area is 135 Å². The molecule has 4 nitrogen and oxygen atoms in total. The average Bonchev–Trinajstić information content (AvgIpc) is 2.87. The Balaban J connectivity index is 0.00000200. The minimum Gasteiger partial charge on any atom is -0.325 e. The molecule has 0 aliphatic carbocycles. The van der Waals surface area contributed by atoms with Crippen LogP contribution in [-0.2, 0) is 4.79 Å². The van der Waals surface area contributed by atoms with Gasteiger partial charge in [0.15, 0.2) is 0 Å². The molecule has 1 aromatic rings. The molecular weight excluding hydrogens is 321 g/mol. The minimum absolute atomic E-state index is 0. The van der Waals surface area contributed by atoms with Crippen molar-refractivity contribution in [2.75, 3.05) is 32.0 Å². The fourth-order valence-corrected chi connectivity index (χ4v) is 2.44. The van der Waals surface area contributed by atoms with Crippen LogP contribution >= 0.6 is 35.6 Å². The summed E-state index contributed by atoms with van der Waals surface area (Å²) in [6.45, 7) is 2.33. The van der Waals surface area contributed by atoms with Gasteiger partial charge >= 0.3 is 0 Å². The summed E-state index contributed by atoms with van der Waals surface area (Å²) in [5.41, 5.74) is 0.664. The van der Waals surface area contributed by atoms with E-state index in [1.807, 2.05) is 7.05 Å². The Morgan fingerprint density at radius 2 is 2.20 bits per heavy atom. The number of nitrogens with zero attached hydrogens (tertiary/aromatic N) is 1. The van der Waals surface area contributed by atoms with Gasteiger partial charge < -0.3 is 10.6 Å². The molecule has 1 aliphatic rings. The first-order valence-electron chi connectivity index (χ1n) is 6.22. The fraction of sp³-hybridized carbons (Fsp3) is 0.462. The van der Waals surface area contributed by atoms with Crippen LogP contribution in [0.1, 0.15) is 6.42 Å². The van der Waals surface area contributed by atoms with Gasteiger partial charge in [-0.2, -0.15) is 0 Å². The van der Waals surface area contributed by atoms with Gasteiger partial charge in [-0.3, -0.25) is 9.69 Å². The van der Waals surface area contributed by atoms with Gasteiger partial charge in [0.1, 0.15) is 0 Å². The lowest BCUT2D eigenvalue weighted by Gasteiger charge is -2.22. The van der Waals surface area contributed by atoms with Crippen molar-refractivity contribution in [1.82, 2.24) is 10.2 Å². The van der Waals surface area contributed by atoms with Gasteiger partial charge in [-0.25, -0.2) is 0 Å². The molecule has 20 heavy (non-hydrogen) atoms. The normalized spacial score (nSPS) is 17.9. The highest BCUT2D eigenvalue weighted by Crippen LogP contribution is 2.24. The maximum atomic E-state index is 11.9. The Bertz CT molecular complexity index is 464. The number of hydrogen-bond acceptors (Lipinski definition) is 3. The number of likely N-dealkylation sites (N-methyl/N-ethyl adjacent to an activating group) is 1. The first-order chi connectivity index (χ1) is 9.06. The van der Waals surface area contributed by atoms with Crippen LogP contribution in [0.25, 0.3) is 0 Å². The lowest BCUT2D eigenvalue weighted by molar-refractivity contribution is -0.117. The van der Waals surface area contributed by atoms with Crippen LogP contribution in [0, 0.1) is 0 Å². The highest BCUT2D eigenvalue weighted by molar-refractivity contribution is 6.42. The molecule has 2 N–H and O–H groups in total.